The number of rotatable bonds is 5. The average molecular weight is 381 g/mol. The SMILES string of the molecule is Cc1cc(C)cc(N(C(C)C(=O)Nc2ccc(Cl)cc2)S(C)(=O)=O)c1. The first kappa shape index (κ1) is 19.3. The van der Waals surface area contributed by atoms with Gasteiger partial charge in [-0.3, -0.25) is 9.10 Å². The Kier molecular flexibility index (Phi) is 5.75. The second-order valence-electron chi connectivity index (χ2n) is 6.08. The van der Waals surface area contributed by atoms with Gasteiger partial charge in [0.25, 0.3) is 0 Å². The third-order valence-corrected chi connectivity index (χ3v) is 5.15. The van der Waals surface area contributed by atoms with Crippen molar-refractivity contribution in [2.75, 3.05) is 15.9 Å². The summed E-state index contributed by atoms with van der Waals surface area (Å²) >= 11 is 5.83. The molecule has 0 radical (unpaired) electrons. The number of carbonyl (C=O) groups is 1. The molecule has 0 aliphatic carbocycles. The molecule has 0 heterocycles. The fraction of sp³-hybridized carbons (Fsp3) is 0.278. The third-order valence-electron chi connectivity index (χ3n) is 3.66. The Bertz CT molecular complexity index is 859. The van der Waals surface area contributed by atoms with E-state index < -0.39 is 22.0 Å². The van der Waals surface area contributed by atoms with Crippen molar-refractivity contribution >= 4 is 38.9 Å². The lowest BCUT2D eigenvalue weighted by Crippen LogP contribution is -2.45. The molecule has 0 saturated heterocycles. The highest BCUT2D eigenvalue weighted by Crippen LogP contribution is 2.24. The molecular formula is C18H21ClN2O3S. The van der Waals surface area contributed by atoms with Crippen LogP contribution in [0.2, 0.25) is 5.02 Å². The molecule has 1 unspecified atom stereocenters. The molecule has 7 heteroatoms. The molecule has 0 aliphatic rings. The lowest BCUT2D eigenvalue weighted by molar-refractivity contribution is -0.116. The third kappa shape index (κ3) is 4.96. The smallest absolute Gasteiger partial charge is 0.247 e. The molecule has 134 valence electrons. The minimum atomic E-state index is -3.64. The fourth-order valence-corrected chi connectivity index (χ4v) is 3.95. The molecule has 2 aromatic rings. The van der Waals surface area contributed by atoms with Crippen LogP contribution in [0.15, 0.2) is 42.5 Å². The number of nitrogens with one attached hydrogen (secondary N) is 1. The highest BCUT2D eigenvalue weighted by atomic mass is 35.5. The molecule has 1 atom stereocenters. The minimum Gasteiger partial charge on any atom is -0.324 e. The molecule has 1 amide bonds. The molecule has 0 bridgehead atoms. The molecule has 0 aliphatic heterocycles. The van der Waals surface area contributed by atoms with E-state index in [1.807, 2.05) is 19.9 Å². The van der Waals surface area contributed by atoms with Crippen molar-refractivity contribution in [2.24, 2.45) is 0 Å². The van der Waals surface area contributed by atoms with Crippen LogP contribution in [0.5, 0.6) is 0 Å². The van der Waals surface area contributed by atoms with Gasteiger partial charge in [-0.05, 0) is 68.3 Å². The van der Waals surface area contributed by atoms with Crippen LogP contribution in [0.1, 0.15) is 18.1 Å². The number of aryl methyl sites for hydroxylation is 2. The van der Waals surface area contributed by atoms with Gasteiger partial charge in [0, 0.05) is 10.7 Å². The van der Waals surface area contributed by atoms with E-state index in [1.54, 1.807) is 43.3 Å². The maximum absolute atomic E-state index is 12.6. The summed E-state index contributed by atoms with van der Waals surface area (Å²) in [6.07, 6.45) is 1.09. The molecule has 2 aromatic carbocycles. The molecule has 0 spiro atoms. The number of halogens is 1. The number of nitrogens with zero attached hydrogens (tertiary/aromatic N) is 1. The lowest BCUT2D eigenvalue weighted by Gasteiger charge is -2.28. The highest BCUT2D eigenvalue weighted by Gasteiger charge is 2.29. The summed E-state index contributed by atoms with van der Waals surface area (Å²) in [5, 5.41) is 3.27. The first-order valence-corrected chi connectivity index (χ1v) is 9.94. The lowest BCUT2D eigenvalue weighted by atomic mass is 10.1. The van der Waals surface area contributed by atoms with Crippen LogP contribution < -0.4 is 9.62 Å². The number of sulfonamides is 1. The Morgan fingerprint density at radius 3 is 2.08 bits per heavy atom. The maximum Gasteiger partial charge on any atom is 0.247 e. The van der Waals surface area contributed by atoms with Gasteiger partial charge < -0.3 is 5.32 Å². The average Bonchev–Trinajstić information content (AvgIpc) is 2.47. The minimum absolute atomic E-state index is 0.424. The van der Waals surface area contributed by atoms with Gasteiger partial charge in [-0.15, -0.1) is 0 Å². The molecule has 2 rings (SSSR count). The summed E-state index contributed by atoms with van der Waals surface area (Å²) in [4.78, 5) is 12.6. The van der Waals surface area contributed by atoms with Crippen LogP contribution in [0.25, 0.3) is 0 Å². The second-order valence-corrected chi connectivity index (χ2v) is 8.37. The van der Waals surface area contributed by atoms with E-state index in [2.05, 4.69) is 5.32 Å². The molecule has 25 heavy (non-hydrogen) atoms. The van der Waals surface area contributed by atoms with E-state index in [-0.39, 0.29) is 0 Å². The van der Waals surface area contributed by atoms with Gasteiger partial charge >= 0.3 is 0 Å². The van der Waals surface area contributed by atoms with Gasteiger partial charge in [0.05, 0.1) is 11.9 Å². The summed E-state index contributed by atoms with van der Waals surface area (Å²) in [6, 6.07) is 11.2. The summed E-state index contributed by atoms with van der Waals surface area (Å²) in [5.41, 5.74) is 2.87. The van der Waals surface area contributed by atoms with Gasteiger partial charge in [-0.25, -0.2) is 8.42 Å². The Labute approximate surface area is 153 Å². The normalized spacial score (nSPS) is 12.5. The number of hydrogen-bond acceptors (Lipinski definition) is 3. The van der Waals surface area contributed by atoms with E-state index in [1.165, 1.54) is 0 Å². The van der Waals surface area contributed by atoms with Crippen molar-refractivity contribution in [3.05, 3.63) is 58.6 Å². The summed E-state index contributed by atoms with van der Waals surface area (Å²) in [5.74, 6) is -0.424. The van der Waals surface area contributed by atoms with E-state index in [0.717, 1.165) is 21.7 Å². The highest BCUT2D eigenvalue weighted by molar-refractivity contribution is 7.92. The molecule has 1 N–H and O–H groups in total. The van der Waals surface area contributed by atoms with Crippen molar-refractivity contribution in [1.82, 2.24) is 0 Å². The van der Waals surface area contributed by atoms with Crippen molar-refractivity contribution in [1.29, 1.82) is 0 Å². The number of benzene rings is 2. The Hall–Kier alpha value is -2.05. The molecular weight excluding hydrogens is 360 g/mol. The maximum atomic E-state index is 12.6. The monoisotopic (exact) mass is 380 g/mol. The Balaban J connectivity index is 2.34. The van der Waals surface area contributed by atoms with Crippen LogP contribution in [0.4, 0.5) is 11.4 Å². The molecule has 0 fully saturated rings. The molecule has 5 nitrogen and oxygen atoms in total. The zero-order valence-corrected chi connectivity index (χ0v) is 16.1. The van der Waals surface area contributed by atoms with Crippen LogP contribution in [-0.2, 0) is 14.8 Å². The van der Waals surface area contributed by atoms with Crippen LogP contribution in [0, 0.1) is 13.8 Å². The number of hydrogen-bond donors (Lipinski definition) is 1. The zero-order valence-electron chi connectivity index (χ0n) is 14.6. The summed E-state index contributed by atoms with van der Waals surface area (Å²) in [7, 11) is -3.64. The van der Waals surface area contributed by atoms with Crippen LogP contribution >= 0.6 is 11.6 Å². The van der Waals surface area contributed by atoms with Crippen molar-refractivity contribution in [2.45, 2.75) is 26.8 Å². The molecule has 0 aromatic heterocycles. The second kappa shape index (κ2) is 7.45. The van der Waals surface area contributed by atoms with Crippen LogP contribution in [0.3, 0.4) is 0 Å². The Morgan fingerprint density at radius 2 is 1.60 bits per heavy atom. The first-order chi connectivity index (χ1) is 11.6. The fourth-order valence-electron chi connectivity index (χ4n) is 2.67. The van der Waals surface area contributed by atoms with Crippen molar-refractivity contribution in [3.63, 3.8) is 0 Å². The van der Waals surface area contributed by atoms with Crippen LogP contribution in [-0.4, -0.2) is 26.6 Å². The number of carbonyl (C=O) groups excluding carboxylic acids is 1. The summed E-state index contributed by atoms with van der Waals surface area (Å²) in [6.45, 7) is 5.33. The number of anilines is 2. The van der Waals surface area contributed by atoms with Gasteiger partial charge in [-0.1, -0.05) is 17.7 Å². The quantitative estimate of drug-likeness (QED) is 0.858. The van der Waals surface area contributed by atoms with Gasteiger partial charge in [0.15, 0.2) is 0 Å². The van der Waals surface area contributed by atoms with Crippen molar-refractivity contribution in [3.8, 4) is 0 Å². The zero-order chi connectivity index (χ0) is 18.8. The van der Waals surface area contributed by atoms with E-state index >= 15 is 0 Å². The van der Waals surface area contributed by atoms with E-state index in [9.17, 15) is 13.2 Å². The largest absolute Gasteiger partial charge is 0.324 e. The van der Waals surface area contributed by atoms with Gasteiger partial charge in [-0.2, -0.15) is 0 Å². The van der Waals surface area contributed by atoms with E-state index in [4.69, 9.17) is 11.6 Å². The van der Waals surface area contributed by atoms with Gasteiger partial charge in [0.2, 0.25) is 15.9 Å². The topological polar surface area (TPSA) is 66.5 Å². The van der Waals surface area contributed by atoms with Crippen molar-refractivity contribution < 1.29 is 13.2 Å². The predicted octanol–water partition coefficient (Wildman–Crippen LogP) is 3.75. The predicted molar refractivity (Wildman–Crippen MR) is 103 cm³/mol. The van der Waals surface area contributed by atoms with E-state index in [0.29, 0.717) is 16.4 Å². The Morgan fingerprint density at radius 1 is 1.08 bits per heavy atom. The van der Waals surface area contributed by atoms with Gasteiger partial charge in [0.1, 0.15) is 6.04 Å². The summed E-state index contributed by atoms with van der Waals surface area (Å²) < 4.78 is 25.8. The molecule has 0 saturated carbocycles. The first-order valence-electron chi connectivity index (χ1n) is 7.72. The number of amides is 1. The standard InChI is InChI=1S/C18H21ClN2O3S/c1-12-9-13(2)11-17(10-12)21(25(4,23)24)14(3)18(22)20-16-7-5-15(19)6-8-16/h5-11,14H,1-4H3,(H,20,22).